The second-order valence-corrected chi connectivity index (χ2v) is 5.41. The van der Waals surface area contributed by atoms with Crippen molar-refractivity contribution in [2.24, 2.45) is 17.6 Å². The van der Waals surface area contributed by atoms with E-state index < -0.39 is 0 Å². The molecule has 3 aliphatic rings. The van der Waals surface area contributed by atoms with Crippen molar-refractivity contribution in [1.82, 2.24) is 0 Å². The zero-order chi connectivity index (χ0) is 9.54. The first-order chi connectivity index (χ1) is 6.86. The molecular formula is C13H23NO. The maximum absolute atomic E-state index is 6.36. The summed E-state index contributed by atoms with van der Waals surface area (Å²) in [6, 6.07) is 0.514. The first-order valence-electron chi connectivity index (χ1n) is 6.32. The van der Waals surface area contributed by atoms with Crippen molar-refractivity contribution in [3.05, 3.63) is 11.1 Å². The van der Waals surface area contributed by atoms with Gasteiger partial charge in [-0.05, 0) is 56.8 Å². The van der Waals surface area contributed by atoms with Crippen molar-refractivity contribution in [3.63, 3.8) is 0 Å². The second kappa shape index (κ2) is 4.26. The summed E-state index contributed by atoms with van der Waals surface area (Å²) in [7, 11) is 0. The quantitative estimate of drug-likeness (QED) is 0.611. The summed E-state index contributed by atoms with van der Waals surface area (Å²) in [4.78, 5) is 0. The van der Waals surface area contributed by atoms with Crippen LogP contribution in [-0.2, 0) is 0 Å². The Morgan fingerprint density at radius 2 is 1.80 bits per heavy atom. The van der Waals surface area contributed by atoms with E-state index >= 15 is 0 Å². The molecule has 3 rings (SSSR count). The fourth-order valence-corrected chi connectivity index (χ4v) is 3.95. The molecule has 2 heteroatoms. The van der Waals surface area contributed by atoms with Crippen LogP contribution in [0.4, 0.5) is 0 Å². The molecule has 4 N–H and O–H groups in total. The lowest BCUT2D eigenvalue weighted by Crippen LogP contribution is -2.45. The van der Waals surface area contributed by atoms with Crippen LogP contribution in [0, 0.1) is 11.8 Å². The van der Waals surface area contributed by atoms with Crippen LogP contribution in [0.3, 0.4) is 0 Å². The van der Waals surface area contributed by atoms with Gasteiger partial charge in [-0.25, -0.2) is 0 Å². The van der Waals surface area contributed by atoms with E-state index in [0.29, 0.717) is 6.04 Å². The summed E-state index contributed by atoms with van der Waals surface area (Å²) in [6.45, 7) is 0. The molecule has 86 valence electrons. The van der Waals surface area contributed by atoms with Gasteiger partial charge in [0.05, 0.1) is 0 Å². The van der Waals surface area contributed by atoms with E-state index in [4.69, 9.17) is 5.73 Å². The minimum absolute atomic E-state index is 0. The van der Waals surface area contributed by atoms with E-state index in [2.05, 4.69) is 0 Å². The lowest BCUT2D eigenvalue weighted by atomic mass is 9.63. The summed E-state index contributed by atoms with van der Waals surface area (Å²) in [5, 5.41) is 0. The smallest absolute Gasteiger partial charge is 0.0136 e. The number of fused-ring (bicyclic) bond motifs is 3. The minimum atomic E-state index is 0. The number of allylic oxidation sites excluding steroid dienone is 1. The van der Waals surface area contributed by atoms with Crippen molar-refractivity contribution >= 4 is 0 Å². The minimum Gasteiger partial charge on any atom is -0.412 e. The Bertz CT molecular complexity index is 272. The third kappa shape index (κ3) is 1.74. The molecule has 0 radical (unpaired) electrons. The van der Waals surface area contributed by atoms with Crippen molar-refractivity contribution in [3.8, 4) is 0 Å². The largest absolute Gasteiger partial charge is 0.412 e. The van der Waals surface area contributed by atoms with E-state index in [0.717, 1.165) is 11.8 Å². The predicted molar refractivity (Wildman–Crippen MR) is 62.5 cm³/mol. The summed E-state index contributed by atoms with van der Waals surface area (Å²) < 4.78 is 0. The van der Waals surface area contributed by atoms with Crippen LogP contribution in [0.5, 0.6) is 0 Å². The zero-order valence-electron chi connectivity index (χ0n) is 9.47. The van der Waals surface area contributed by atoms with Crippen LogP contribution < -0.4 is 5.73 Å². The summed E-state index contributed by atoms with van der Waals surface area (Å²) in [5.74, 6) is 1.63. The van der Waals surface area contributed by atoms with E-state index in [1.807, 2.05) is 5.57 Å². The molecule has 3 aliphatic carbocycles. The van der Waals surface area contributed by atoms with Crippen LogP contribution in [0.25, 0.3) is 0 Å². The van der Waals surface area contributed by atoms with Crippen molar-refractivity contribution < 1.29 is 5.48 Å². The first-order valence-corrected chi connectivity index (χ1v) is 6.32. The van der Waals surface area contributed by atoms with E-state index in [1.165, 1.54) is 51.4 Å². The van der Waals surface area contributed by atoms with Gasteiger partial charge in [-0.1, -0.05) is 17.6 Å². The number of nitrogens with two attached hydrogens (primary N) is 1. The number of hydrogen-bond donors (Lipinski definition) is 1. The van der Waals surface area contributed by atoms with Crippen LogP contribution >= 0.6 is 0 Å². The Hall–Kier alpha value is -0.340. The van der Waals surface area contributed by atoms with Gasteiger partial charge in [-0.15, -0.1) is 0 Å². The Morgan fingerprint density at radius 3 is 2.67 bits per heavy atom. The van der Waals surface area contributed by atoms with Crippen LogP contribution in [-0.4, -0.2) is 11.5 Å². The summed E-state index contributed by atoms with van der Waals surface area (Å²) >= 11 is 0. The standard InChI is InChI=1S/C13H21N.H2O/c14-13-10-5-3-7-12(13)11-6-2-1-4-9(11)8-10;/h10,12-13H,1-8,14H2;1H2. The summed E-state index contributed by atoms with van der Waals surface area (Å²) in [6.07, 6.45) is 11.2. The highest BCUT2D eigenvalue weighted by atomic mass is 16.0. The molecular weight excluding hydrogens is 186 g/mol. The molecule has 15 heavy (non-hydrogen) atoms. The third-order valence-corrected chi connectivity index (χ3v) is 4.68. The van der Waals surface area contributed by atoms with Gasteiger partial charge >= 0.3 is 0 Å². The molecule has 0 amide bonds. The topological polar surface area (TPSA) is 57.5 Å². The van der Waals surface area contributed by atoms with Crippen molar-refractivity contribution in [2.45, 2.75) is 57.4 Å². The average molecular weight is 209 g/mol. The SMILES string of the molecule is NC1C2CCCC1C1=C(CCCC1)C2.O. The molecule has 1 fully saturated rings. The Labute approximate surface area is 92.2 Å². The predicted octanol–water partition coefficient (Wildman–Crippen LogP) is 2.18. The van der Waals surface area contributed by atoms with Crippen LogP contribution in [0.15, 0.2) is 11.1 Å². The Balaban J connectivity index is 0.000000853. The fraction of sp³-hybridized carbons (Fsp3) is 0.846. The first kappa shape index (κ1) is 11.2. The lowest BCUT2D eigenvalue weighted by molar-refractivity contribution is 0.213. The second-order valence-electron chi connectivity index (χ2n) is 5.41. The van der Waals surface area contributed by atoms with E-state index in [1.54, 1.807) is 5.57 Å². The van der Waals surface area contributed by atoms with Gasteiger partial charge in [-0.2, -0.15) is 0 Å². The molecule has 0 aromatic rings. The molecule has 0 spiro atoms. The van der Waals surface area contributed by atoms with Gasteiger partial charge in [0.1, 0.15) is 0 Å². The van der Waals surface area contributed by atoms with Crippen LogP contribution in [0.2, 0.25) is 0 Å². The Kier molecular flexibility index (Phi) is 3.17. The molecule has 0 saturated heterocycles. The Morgan fingerprint density at radius 1 is 1.00 bits per heavy atom. The molecule has 3 atom stereocenters. The highest BCUT2D eigenvalue weighted by Crippen LogP contribution is 2.47. The molecule has 2 bridgehead atoms. The van der Waals surface area contributed by atoms with Gasteiger partial charge < -0.3 is 11.2 Å². The molecule has 0 aliphatic heterocycles. The van der Waals surface area contributed by atoms with Gasteiger partial charge in [0.15, 0.2) is 0 Å². The number of hydrogen-bond acceptors (Lipinski definition) is 1. The van der Waals surface area contributed by atoms with Gasteiger partial charge in [0.25, 0.3) is 0 Å². The highest BCUT2D eigenvalue weighted by molar-refractivity contribution is 5.26. The maximum Gasteiger partial charge on any atom is 0.0136 e. The fourth-order valence-electron chi connectivity index (χ4n) is 3.95. The molecule has 1 saturated carbocycles. The highest BCUT2D eigenvalue weighted by Gasteiger charge is 2.38. The third-order valence-electron chi connectivity index (χ3n) is 4.68. The molecule has 3 unspecified atom stereocenters. The van der Waals surface area contributed by atoms with Gasteiger partial charge in [0, 0.05) is 6.04 Å². The van der Waals surface area contributed by atoms with Crippen molar-refractivity contribution in [1.29, 1.82) is 0 Å². The maximum atomic E-state index is 6.36. The molecule has 0 aromatic heterocycles. The summed E-state index contributed by atoms with van der Waals surface area (Å²) in [5.41, 5.74) is 9.99. The average Bonchev–Trinajstić information content (AvgIpc) is 2.18. The normalized spacial score (nSPS) is 39.4. The van der Waals surface area contributed by atoms with E-state index in [-0.39, 0.29) is 5.48 Å². The van der Waals surface area contributed by atoms with Gasteiger partial charge in [-0.3, -0.25) is 0 Å². The van der Waals surface area contributed by atoms with Gasteiger partial charge in [0.2, 0.25) is 0 Å². The molecule has 2 nitrogen and oxygen atoms in total. The molecule has 0 aromatic carbocycles. The van der Waals surface area contributed by atoms with E-state index in [9.17, 15) is 0 Å². The van der Waals surface area contributed by atoms with Crippen LogP contribution in [0.1, 0.15) is 51.4 Å². The lowest BCUT2D eigenvalue weighted by Gasteiger charge is -2.44. The number of rotatable bonds is 0. The zero-order valence-corrected chi connectivity index (χ0v) is 9.47. The monoisotopic (exact) mass is 209 g/mol. The van der Waals surface area contributed by atoms with Crippen molar-refractivity contribution in [2.75, 3.05) is 0 Å². The molecule has 0 heterocycles.